The lowest BCUT2D eigenvalue weighted by atomic mass is 9.84. The molecular formula is C24H18BrCl2F2N3O2. The first kappa shape index (κ1) is 24.4. The summed E-state index contributed by atoms with van der Waals surface area (Å²) < 4.78 is 26.0. The van der Waals surface area contributed by atoms with Crippen LogP contribution in [0.2, 0.25) is 10.0 Å². The van der Waals surface area contributed by atoms with Crippen LogP contribution in [0.5, 0.6) is 0 Å². The van der Waals surface area contributed by atoms with Crippen molar-refractivity contribution in [3.63, 3.8) is 0 Å². The first-order chi connectivity index (χ1) is 16.2. The van der Waals surface area contributed by atoms with Gasteiger partial charge in [-0.1, -0.05) is 57.3 Å². The van der Waals surface area contributed by atoms with Crippen LogP contribution in [-0.4, -0.2) is 24.8 Å². The number of rotatable bonds is 7. The predicted octanol–water partition coefficient (Wildman–Crippen LogP) is 6.25. The summed E-state index contributed by atoms with van der Waals surface area (Å²) in [6.45, 7) is -0.788. The Hall–Kier alpha value is -2.68. The fourth-order valence-corrected chi connectivity index (χ4v) is 4.70. The summed E-state index contributed by atoms with van der Waals surface area (Å²) in [5.41, 5.74) is 1.01. The lowest BCUT2D eigenvalue weighted by Crippen LogP contribution is -2.45. The molecule has 1 aliphatic heterocycles. The van der Waals surface area contributed by atoms with Crippen molar-refractivity contribution in [2.45, 2.75) is 18.4 Å². The van der Waals surface area contributed by atoms with Gasteiger partial charge in [0.2, 0.25) is 0 Å². The summed E-state index contributed by atoms with van der Waals surface area (Å²) >= 11 is 15.7. The maximum Gasteiger partial charge on any atom is 0.255 e. The highest BCUT2D eigenvalue weighted by molar-refractivity contribution is 9.10. The molecule has 5 nitrogen and oxygen atoms in total. The van der Waals surface area contributed by atoms with E-state index in [9.17, 15) is 18.4 Å². The topological polar surface area (TPSA) is 70.2 Å². The van der Waals surface area contributed by atoms with Crippen LogP contribution in [0.4, 0.5) is 20.2 Å². The first-order valence-electron chi connectivity index (χ1n) is 10.2. The second-order valence-electron chi connectivity index (χ2n) is 7.77. The van der Waals surface area contributed by atoms with Crippen molar-refractivity contribution in [3.8, 4) is 0 Å². The van der Waals surface area contributed by atoms with Gasteiger partial charge >= 0.3 is 0 Å². The van der Waals surface area contributed by atoms with E-state index in [1.165, 1.54) is 6.07 Å². The van der Waals surface area contributed by atoms with Crippen molar-refractivity contribution in [3.05, 3.63) is 91.9 Å². The molecular weight excluding hydrogens is 551 g/mol. The van der Waals surface area contributed by atoms with Gasteiger partial charge in [0.15, 0.2) is 0 Å². The third kappa shape index (κ3) is 5.04. The van der Waals surface area contributed by atoms with Crippen LogP contribution >= 0.6 is 39.1 Å². The molecule has 0 saturated carbocycles. The molecule has 3 aromatic rings. The molecule has 1 heterocycles. The average Bonchev–Trinajstić information content (AvgIpc) is 3.02. The fraction of sp³-hybridized carbons (Fsp3) is 0.167. The summed E-state index contributed by atoms with van der Waals surface area (Å²) in [5.74, 6) is -1.05. The molecule has 0 fully saturated rings. The number of carbonyl (C=O) groups is 2. The first-order valence-corrected chi connectivity index (χ1v) is 11.7. The summed E-state index contributed by atoms with van der Waals surface area (Å²) in [6, 6.07) is 16.9. The maximum absolute atomic E-state index is 13.5. The van der Waals surface area contributed by atoms with E-state index in [1.807, 2.05) is 6.07 Å². The monoisotopic (exact) mass is 567 g/mol. The number of alkyl halides is 2. The minimum Gasteiger partial charge on any atom is -0.367 e. The van der Waals surface area contributed by atoms with Gasteiger partial charge < -0.3 is 16.0 Å². The molecule has 3 N–H and O–H groups in total. The number of fused-ring (bicyclic) bond motifs is 1. The average molecular weight is 569 g/mol. The number of benzene rings is 3. The van der Waals surface area contributed by atoms with Crippen LogP contribution in [0, 0.1) is 0 Å². The summed E-state index contributed by atoms with van der Waals surface area (Å²) in [4.78, 5) is 26.2. The number of amides is 2. The largest absolute Gasteiger partial charge is 0.367 e. The fourth-order valence-electron chi connectivity index (χ4n) is 3.95. The molecule has 0 bridgehead atoms. The zero-order valence-corrected chi connectivity index (χ0v) is 20.6. The van der Waals surface area contributed by atoms with E-state index in [0.29, 0.717) is 31.5 Å². The van der Waals surface area contributed by atoms with Gasteiger partial charge in [-0.25, -0.2) is 8.78 Å². The van der Waals surface area contributed by atoms with Gasteiger partial charge in [0, 0.05) is 37.9 Å². The maximum atomic E-state index is 13.5. The smallest absolute Gasteiger partial charge is 0.255 e. The van der Waals surface area contributed by atoms with Gasteiger partial charge in [0.1, 0.15) is 5.54 Å². The molecule has 34 heavy (non-hydrogen) atoms. The molecule has 3 aromatic carbocycles. The second kappa shape index (κ2) is 9.90. The van der Waals surface area contributed by atoms with Crippen molar-refractivity contribution in [2.75, 3.05) is 17.2 Å². The van der Waals surface area contributed by atoms with Crippen LogP contribution in [0.15, 0.2) is 65.1 Å². The number of hydrogen-bond acceptors (Lipinski definition) is 3. The number of carbonyl (C=O) groups excluding carboxylic acids is 2. The molecule has 0 aromatic heterocycles. The Morgan fingerprint density at radius 1 is 1.06 bits per heavy atom. The molecule has 4 rings (SSSR count). The predicted molar refractivity (Wildman–Crippen MR) is 133 cm³/mol. The molecule has 0 spiro atoms. The SMILES string of the molecule is O=C(NCC(F)F)c1ccc(Br)cc1NC1(Cc2cccc(Cl)c2)C(=O)Nc2cc(Cl)ccc21. The van der Waals surface area contributed by atoms with Crippen LogP contribution < -0.4 is 16.0 Å². The molecule has 0 aliphatic carbocycles. The highest BCUT2D eigenvalue weighted by atomic mass is 79.9. The Bertz CT molecular complexity index is 1270. The standard InChI is InChI=1S/C24H18BrCl2F2N3O2/c25-14-4-6-17(22(33)30-12-21(28)29)19(9-14)32-24(11-13-2-1-3-15(26)8-13)18-7-5-16(27)10-20(18)31-23(24)34/h1-10,21,32H,11-12H2,(H,30,33)(H,31,34). The van der Waals surface area contributed by atoms with Crippen molar-refractivity contribution in [2.24, 2.45) is 0 Å². The van der Waals surface area contributed by atoms with Crippen LogP contribution in [0.25, 0.3) is 0 Å². The van der Waals surface area contributed by atoms with Crippen LogP contribution in [-0.2, 0) is 16.8 Å². The molecule has 1 aliphatic rings. The van der Waals surface area contributed by atoms with Gasteiger partial charge in [0.05, 0.1) is 12.1 Å². The van der Waals surface area contributed by atoms with Gasteiger partial charge in [-0.05, 0) is 48.0 Å². The Labute approximate surface area is 213 Å². The van der Waals surface area contributed by atoms with Gasteiger partial charge in [-0.3, -0.25) is 9.59 Å². The van der Waals surface area contributed by atoms with E-state index < -0.39 is 24.4 Å². The van der Waals surface area contributed by atoms with Crippen molar-refractivity contribution >= 4 is 62.3 Å². The Morgan fingerprint density at radius 3 is 2.56 bits per heavy atom. The summed E-state index contributed by atoms with van der Waals surface area (Å²) in [7, 11) is 0. The molecule has 176 valence electrons. The highest BCUT2D eigenvalue weighted by Gasteiger charge is 2.47. The third-order valence-electron chi connectivity index (χ3n) is 5.43. The lowest BCUT2D eigenvalue weighted by Gasteiger charge is -2.31. The van der Waals surface area contributed by atoms with Crippen molar-refractivity contribution in [1.82, 2.24) is 5.32 Å². The zero-order valence-electron chi connectivity index (χ0n) is 17.5. The Kier molecular flexibility index (Phi) is 7.12. The number of nitrogens with one attached hydrogen (secondary N) is 3. The Morgan fingerprint density at radius 2 is 1.82 bits per heavy atom. The summed E-state index contributed by atoms with van der Waals surface area (Å²) in [5, 5.41) is 9.28. The van der Waals surface area contributed by atoms with E-state index in [-0.39, 0.29) is 17.9 Å². The molecule has 0 radical (unpaired) electrons. The van der Waals surface area contributed by atoms with Crippen molar-refractivity contribution in [1.29, 1.82) is 0 Å². The zero-order chi connectivity index (χ0) is 24.5. The van der Waals surface area contributed by atoms with E-state index in [1.54, 1.807) is 48.5 Å². The molecule has 2 amide bonds. The second-order valence-corrected chi connectivity index (χ2v) is 9.56. The van der Waals surface area contributed by atoms with E-state index in [2.05, 4.69) is 31.9 Å². The minimum absolute atomic E-state index is 0.115. The number of halogens is 5. The van der Waals surface area contributed by atoms with E-state index in [0.717, 1.165) is 5.56 Å². The molecule has 0 saturated heterocycles. The molecule has 1 unspecified atom stereocenters. The highest BCUT2D eigenvalue weighted by Crippen LogP contribution is 2.43. The number of hydrogen-bond donors (Lipinski definition) is 3. The molecule has 1 atom stereocenters. The summed E-state index contributed by atoms with van der Waals surface area (Å²) in [6.07, 6.45) is -2.50. The van der Waals surface area contributed by atoms with Gasteiger partial charge in [-0.2, -0.15) is 0 Å². The third-order valence-corrected chi connectivity index (χ3v) is 6.39. The van der Waals surface area contributed by atoms with E-state index >= 15 is 0 Å². The normalized spacial score (nSPS) is 16.8. The number of anilines is 2. The van der Waals surface area contributed by atoms with Gasteiger partial charge in [-0.15, -0.1) is 0 Å². The van der Waals surface area contributed by atoms with E-state index in [4.69, 9.17) is 23.2 Å². The minimum atomic E-state index is -2.69. The van der Waals surface area contributed by atoms with Gasteiger partial charge in [0.25, 0.3) is 18.2 Å². The molecule has 10 heteroatoms. The van der Waals surface area contributed by atoms with Crippen molar-refractivity contribution < 1.29 is 18.4 Å². The lowest BCUT2D eigenvalue weighted by molar-refractivity contribution is -0.119. The quantitative estimate of drug-likeness (QED) is 0.315. The Balaban J connectivity index is 1.82. The van der Waals surface area contributed by atoms with Crippen LogP contribution in [0.3, 0.4) is 0 Å². The van der Waals surface area contributed by atoms with Crippen LogP contribution in [0.1, 0.15) is 21.5 Å².